The number of nitro groups is 1. The summed E-state index contributed by atoms with van der Waals surface area (Å²) in [5.41, 5.74) is -0.387. The van der Waals surface area contributed by atoms with Crippen LogP contribution in [0.15, 0.2) is 12.1 Å². The minimum atomic E-state index is -0.583. The zero-order valence-corrected chi connectivity index (χ0v) is 11.7. The molecule has 0 amide bonds. The molecule has 1 saturated carbocycles. The number of anilines is 1. The Kier molecular flexibility index (Phi) is 4.18. The second-order valence-corrected chi connectivity index (χ2v) is 5.29. The summed E-state index contributed by atoms with van der Waals surface area (Å²) in [5.74, 6) is 1.80. The molecule has 0 radical (unpaired) electrons. The van der Waals surface area contributed by atoms with E-state index in [1.807, 2.05) is 0 Å². The average Bonchev–Trinajstić information content (AvgIpc) is 2.79. The monoisotopic (exact) mass is 274 g/mol. The van der Waals surface area contributed by atoms with Gasteiger partial charge in [0.05, 0.1) is 4.92 Å². The van der Waals surface area contributed by atoms with Gasteiger partial charge in [-0.05, 0) is 30.7 Å². The molecular formula is C14H18N4O2. The van der Waals surface area contributed by atoms with Crippen LogP contribution in [0.25, 0.3) is 0 Å². The number of hydrogen-bond acceptors (Lipinski definition) is 5. The predicted octanol–water partition coefficient (Wildman–Crippen LogP) is 3.10. The minimum absolute atomic E-state index is 0.141. The first-order chi connectivity index (χ1) is 9.56. The van der Waals surface area contributed by atoms with E-state index in [9.17, 15) is 10.1 Å². The maximum Gasteiger partial charge on any atom is 0.305 e. The summed E-state index contributed by atoms with van der Waals surface area (Å²) in [6.07, 6.45) is 3.42. The summed E-state index contributed by atoms with van der Waals surface area (Å²) in [6.45, 7) is 4.41. The second-order valence-electron chi connectivity index (χ2n) is 5.29. The van der Waals surface area contributed by atoms with Gasteiger partial charge >= 0.3 is 5.69 Å². The van der Waals surface area contributed by atoms with Gasteiger partial charge in [0.25, 0.3) is 0 Å². The highest BCUT2D eigenvalue weighted by atomic mass is 16.6. The fraction of sp³-hybridized carbons (Fsp3) is 0.571. The molecule has 1 aromatic rings. The normalized spacial score (nSPS) is 25.1. The van der Waals surface area contributed by atoms with Crippen LogP contribution in [0, 0.1) is 33.3 Å². The van der Waals surface area contributed by atoms with Crippen LogP contribution in [-0.2, 0) is 0 Å². The molecule has 1 heterocycles. The maximum absolute atomic E-state index is 10.8. The zero-order valence-electron chi connectivity index (χ0n) is 11.7. The first-order valence-corrected chi connectivity index (χ1v) is 6.88. The molecule has 0 aliphatic heterocycles. The summed E-state index contributed by atoms with van der Waals surface area (Å²) in [5, 5.41) is 23.0. The number of rotatable bonds is 4. The van der Waals surface area contributed by atoms with Crippen molar-refractivity contribution in [1.82, 2.24) is 4.98 Å². The van der Waals surface area contributed by atoms with Crippen molar-refractivity contribution in [3.63, 3.8) is 0 Å². The molecule has 1 N–H and O–H groups in total. The van der Waals surface area contributed by atoms with E-state index in [4.69, 9.17) is 5.26 Å². The number of nitriles is 1. The Morgan fingerprint density at radius 3 is 2.85 bits per heavy atom. The Balaban J connectivity index is 2.15. The lowest BCUT2D eigenvalue weighted by Gasteiger charge is -2.21. The van der Waals surface area contributed by atoms with E-state index in [-0.39, 0.29) is 11.4 Å². The van der Waals surface area contributed by atoms with Crippen LogP contribution in [0.5, 0.6) is 0 Å². The molecule has 1 aliphatic carbocycles. The lowest BCUT2D eigenvalue weighted by atomic mass is 9.93. The van der Waals surface area contributed by atoms with Crippen LogP contribution in [0.3, 0.4) is 0 Å². The van der Waals surface area contributed by atoms with Crippen molar-refractivity contribution < 1.29 is 4.92 Å². The maximum atomic E-state index is 10.8. The van der Waals surface area contributed by atoms with Crippen molar-refractivity contribution in [2.45, 2.75) is 39.2 Å². The number of nitrogens with one attached hydrogen (secondary N) is 1. The summed E-state index contributed by atoms with van der Waals surface area (Å²) >= 11 is 0. The van der Waals surface area contributed by atoms with Crippen molar-refractivity contribution in [2.75, 3.05) is 5.32 Å². The van der Waals surface area contributed by atoms with E-state index >= 15 is 0 Å². The highest BCUT2D eigenvalue weighted by Crippen LogP contribution is 2.35. The summed E-state index contributed by atoms with van der Waals surface area (Å²) in [4.78, 5) is 14.2. The average molecular weight is 274 g/mol. The second kappa shape index (κ2) is 5.87. The number of aromatic nitrogens is 1. The molecule has 6 nitrogen and oxygen atoms in total. The Hall–Kier alpha value is -2.16. The quantitative estimate of drug-likeness (QED) is 0.672. The minimum Gasteiger partial charge on any atom is -0.367 e. The van der Waals surface area contributed by atoms with Crippen LogP contribution in [0.1, 0.15) is 38.8 Å². The van der Waals surface area contributed by atoms with Gasteiger partial charge in [-0.3, -0.25) is 10.1 Å². The molecule has 0 aromatic carbocycles. The standard InChI is InChI=1S/C14H18N4O2/c1-3-10-4-5-11(9(10)2)16-14-7-6-13(18(19)20)12(8-15)17-14/h6-7,9-11H,3-5H2,1-2H3,(H,16,17). The van der Waals surface area contributed by atoms with Gasteiger partial charge in [-0.1, -0.05) is 20.3 Å². The predicted molar refractivity (Wildman–Crippen MR) is 75.2 cm³/mol. The molecule has 0 spiro atoms. The van der Waals surface area contributed by atoms with Crippen molar-refractivity contribution in [2.24, 2.45) is 11.8 Å². The van der Waals surface area contributed by atoms with Gasteiger partial charge in [0.15, 0.2) is 0 Å². The van der Waals surface area contributed by atoms with Crippen LogP contribution in [0.4, 0.5) is 11.5 Å². The molecule has 1 aromatic heterocycles. The third kappa shape index (κ3) is 2.72. The molecular weight excluding hydrogens is 256 g/mol. The van der Waals surface area contributed by atoms with Gasteiger partial charge in [0.1, 0.15) is 11.9 Å². The van der Waals surface area contributed by atoms with Crippen LogP contribution in [0.2, 0.25) is 0 Å². The Bertz CT molecular complexity index is 553. The van der Waals surface area contributed by atoms with Gasteiger partial charge in [-0.15, -0.1) is 0 Å². The van der Waals surface area contributed by atoms with Gasteiger partial charge in [0.2, 0.25) is 5.69 Å². The van der Waals surface area contributed by atoms with Crippen LogP contribution >= 0.6 is 0 Å². The van der Waals surface area contributed by atoms with Crippen LogP contribution < -0.4 is 5.32 Å². The van der Waals surface area contributed by atoms with E-state index < -0.39 is 4.92 Å². The van der Waals surface area contributed by atoms with Crippen molar-refractivity contribution in [1.29, 1.82) is 5.26 Å². The first-order valence-electron chi connectivity index (χ1n) is 6.88. The van der Waals surface area contributed by atoms with Crippen molar-refractivity contribution in [3.05, 3.63) is 27.9 Å². The van der Waals surface area contributed by atoms with Crippen molar-refractivity contribution in [3.8, 4) is 6.07 Å². The zero-order chi connectivity index (χ0) is 14.7. The molecule has 106 valence electrons. The fourth-order valence-electron chi connectivity index (χ4n) is 2.98. The SMILES string of the molecule is CCC1CCC(Nc2ccc([N+](=O)[O-])c(C#N)n2)C1C. The molecule has 20 heavy (non-hydrogen) atoms. The molecule has 0 saturated heterocycles. The molecule has 6 heteroatoms. The molecule has 1 aliphatic rings. The van der Waals surface area contributed by atoms with Crippen LogP contribution in [-0.4, -0.2) is 15.9 Å². The molecule has 3 unspecified atom stereocenters. The largest absolute Gasteiger partial charge is 0.367 e. The van der Waals surface area contributed by atoms with E-state index in [2.05, 4.69) is 24.1 Å². The van der Waals surface area contributed by atoms with Gasteiger partial charge in [-0.2, -0.15) is 5.26 Å². The number of pyridine rings is 1. The van der Waals surface area contributed by atoms with E-state index in [1.165, 1.54) is 12.5 Å². The molecule has 1 fully saturated rings. The molecule has 0 bridgehead atoms. The Morgan fingerprint density at radius 1 is 1.55 bits per heavy atom. The smallest absolute Gasteiger partial charge is 0.305 e. The van der Waals surface area contributed by atoms with E-state index in [0.29, 0.717) is 23.7 Å². The van der Waals surface area contributed by atoms with Crippen molar-refractivity contribution >= 4 is 11.5 Å². The number of nitrogens with zero attached hydrogens (tertiary/aromatic N) is 3. The lowest BCUT2D eigenvalue weighted by Crippen LogP contribution is -2.25. The Labute approximate surface area is 118 Å². The molecule has 3 atom stereocenters. The first kappa shape index (κ1) is 14.3. The summed E-state index contributed by atoms with van der Waals surface area (Å²) < 4.78 is 0. The third-order valence-corrected chi connectivity index (χ3v) is 4.26. The summed E-state index contributed by atoms with van der Waals surface area (Å²) in [7, 11) is 0. The highest BCUT2D eigenvalue weighted by molar-refractivity contribution is 5.50. The lowest BCUT2D eigenvalue weighted by molar-refractivity contribution is -0.385. The highest BCUT2D eigenvalue weighted by Gasteiger charge is 2.31. The van der Waals surface area contributed by atoms with E-state index in [1.54, 1.807) is 12.1 Å². The van der Waals surface area contributed by atoms with Gasteiger partial charge in [-0.25, -0.2) is 4.98 Å². The Morgan fingerprint density at radius 2 is 2.30 bits per heavy atom. The summed E-state index contributed by atoms with van der Waals surface area (Å²) in [6, 6.07) is 5.01. The fourth-order valence-corrected chi connectivity index (χ4v) is 2.98. The molecule has 2 rings (SSSR count). The topological polar surface area (TPSA) is 91.9 Å². The third-order valence-electron chi connectivity index (χ3n) is 4.26. The number of hydrogen-bond donors (Lipinski definition) is 1. The van der Waals surface area contributed by atoms with Gasteiger partial charge < -0.3 is 5.32 Å². The van der Waals surface area contributed by atoms with E-state index in [0.717, 1.165) is 12.8 Å². The van der Waals surface area contributed by atoms with Gasteiger partial charge in [0, 0.05) is 12.1 Å².